The molecule has 9 nitrogen and oxygen atoms in total. The number of imidazole rings is 1. The number of thiophene rings is 1. The third-order valence-corrected chi connectivity index (χ3v) is 7.48. The number of aldehydes is 1. The predicted molar refractivity (Wildman–Crippen MR) is 145 cm³/mol. The molecular weight excluding hydrogens is 490 g/mol. The van der Waals surface area contributed by atoms with Gasteiger partial charge in [-0.2, -0.15) is 5.26 Å². The Morgan fingerprint density at radius 3 is 2.76 bits per heavy atom. The van der Waals surface area contributed by atoms with E-state index in [4.69, 9.17) is 14.6 Å². The molecule has 2 unspecified atom stereocenters. The van der Waals surface area contributed by atoms with Crippen molar-refractivity contribution in [2.75, 3.05) is 19.5 Å². The van der Waals surface area contributed by atoms with E-state index in [9.17, 15) is 10.1 Å². The molecule has 3 N–H and O–H groups in total. The fraction of sp³-hybridized carbons (Fsp3) is 0.407. The van der Waals surface area contributed by atoms with Crippen molar-refractivity contribution in [3.05, 3.63) is 64.1 Å². The number of hydrogen-bond acceptors (Lipinski definition) is 8. The van der Waals surface area contributed by atoms with Crippen LogP contribution >= 0.6 is 11.3 Å². The first-order chi connectivity index (χ1) is 17.9. The summed E-state index contributed by atoms with van der Waals surface area (Å²) < 4.78 is 7.14. The van der Waals surface area contributed by atoms with Crippen LogP contribution < -0.4 is 15.4 Å². The van der Waals surface area contributed by atoms with Crippen LogP contribution in [0.4, 0.5) is 5.00 Å². The first-order valence-corrected chi connectivity index (χ1v) is 12.8. The van der Waals surface area contributed by atoms with E-state index in [1.165, 1.54) is 16.1 Å². The Morgan fingerprint density at radius 2 is 2.16 bits per heavy atom. The second kappa shape index (κ2) is 15.4. The van der Waals surface area contributed by atoms with Crippen molar-refractivity contribution in [2.24, 2.45) is 7.05 Å². The molecule has 2 aromatic heterocycles. The maximum atomic E-state index is 10.3. The second-order valence-corrected chi connectivity index (χ2v) is 9.68. The SMILES string of the molecule is CNc1sc2c(c1C#N)CCC(NCc1cncn1C)C2.COc1cccc(C(C)CC=O)c1.O=CO. The van der Waals surface area contributed by atoms with Gasteiger partial charge in [-0.25, -0.2) is 4.98 Å². The molecule has 0 radical (unpaired) electrons. The van der Waals surface area contributed by atoms with Gasteiger partial charge < -0.3 is 29.8 Å². The van der Waals surface area contributed by atoms with Crippen LogP contribution in [0, 0.1) is 11.3 Å². The molecule has 0 spiro atoms. The molecule has 2 atom stereocenters. The molecule has 198 valence electrons. The van der Waals surface area contributed by atoms with Crippen molar-refractivity contribution >= 4 is 29.1 Å². The van der Waals surface area contributed by atoms with Gasteiger partial charge in [0.2, 0.25) is 0 Å². The summed E-state index contributed by atoms with van der Waals surface area (Å²) in [5, 5.41) is 24.0. The van der Waals surface area contributed by atoms with E-state index < -0.39 is 0 Å². The molecule has 10 heteroatoms. The highest BCUT2D eigenvalue weighted by atomic mass is 32.1. The van der Waals surface area contributed by atoms with E-state index in [-0.39, 0.29) is 12.4 Å². The maximum Gasteiger partial charge on any atom is 0.290 e. The molecule has 4 rings (SSSR count). The third-order valence-electron chi connectivity index (χ3n) is 6.21. The number of benzene rings is 1. The Morgan fingerprint density at radius 1 is 1.41 bits per heavy atom. The molecule has 0 bridgehead atoms. The number of rotatable bonds is 8. The standard InChI is InChI=1S/C15H19N5S.C11H14O2.CH2O2/c1-17-15-13(6-16)12-4-3-10(5-14(12)21-15)19-8-11-7-18-9-20(11)2;1-9(6-7-12)10-4-3-5-11(8-10)13-2;2-1-3/h7,9-10,17,19H,3-5,8H2,1-2H3;3-5,7-9H,6H2,1-2H3;1H,(H,2,3). The average Bonchev–Trinajstić information content (AvgIpc) is 3.50. The van der Waals surface area contributed by atoms with Crippen molar-refractivity contribution in [3.8, 4) is 11.8 Å². The van der Waals surface area contributed by atoms with E-state index in [0.717, 1.165) is 54.0 Å². The molecule has 37 heavy (non-hydrogen) atoms. The molecular formula is C27H35N5O4S. The first kappa shape index (κ1) is 29.5. The second-order valence-electron chi connectivity index (χ2n) is 8.57. The van der Waals surface area contributed by atoms with Gasteiger partial charge in [0.25, 0.3) is 6.47 Å². The summed E-state index contributed by atoms with van der Waals surface area (Å²) in [5.41, 5.74) is 4.44. The zero-order valence-corrected chi connectivity index (χ0v) is 22.5. The summed E-state index contributed by atoms with van der Waals surface area (Å²) in [6.07, 6.45) is 8.32. The van der Waals surface area contributed by atoms with Crippen LogP contribution in [-0.2, 0) is 36.0 Å². The zero-order valence-electron chi connectivity index (χ0n) is 21.7. The molecule has 1 aliphatic carbocycles. The summed E-state index contributed by atoms with van der Waals surface area (Å²) in [7, 11) is 5.54. The van der Waals surface area contributed by atoms with Gasteiger partial charge in [0.05, 0.1) is 24.7 Å². The summed E-state index contributed by atoms with van der Waals surface area (Å²) >= 11 is 1.73. The van der Waals surface area contributed by atoms with E-state index in [2.05, 4.69) is 21.7 Å². The van der Waals surface area contributed by atoms with E-state index in [1.54, 1.807) is 18.4 Å². The maximum absolute atomic E-state index is 10.3. The van der Waals surface area contributed by atoms with Crippen molar-refractivity contribution in [3.63, 3.8) is 0 Å². The molecule has 1 aromatic carbocycles. The fourth-order valence-electron chi connectivity index (χ4n) is 4.09. The number of carbonyl (C=O) groups excluding carboxylic acids is 1. The van der Waals surface area contributed by atoms with Crippen molar-refractivity contribution in [1.82, 2.24) is 14.9 Å². The van der Waals surface area contributed by atoms with Gasteiger partial charge in [0.15, 0.2) is 0 Å². The summed E-state index contributed by atoms with van der Waals surface area (Å²) in [6, 6.07) is 10.6. The molecule has 3 aromatic rings. The van der Waals surface area contributed by atoms with Gasteiger partial charge in [-0.05, 0) is 48.4 Å². The quantitative estimate of drug-likeness (QED) is 0.375. The number of methoxy groups -OCH3 is 1. The molecule has 2 heterocycles. The van der Waals surface area contributed by atoms with Crippen LogP contribution in [0.2, 0.25) is 0 Å². The number of ether oxygens (including phenoxy) is 1. The topological polar surface area (TPSA) is 129 Å². The molecule has 0 saturated heterocycles. The van der Waals surface area contributed by atoms with E-state index >= 15 is 0 Å². The summed E-state index contributed by atoms with van der Waals surface area (Å²) in [4.78, 5) is 24.2. The third kappa shape index (κ3) is 8.44. The number of aromatic nitrogens is 2. The van der Waals surface area contributed by atoms with Gasteiger partial charge in [-0.15, -0.1) is 11.3 Å². The minimum atomic E-state index is -0.250. The van der Waals surface area contributed by atoms with E-state index in [1.807, 2.05) is 62.4 Å². The highest BCUT2D eigenvalue weighted by Gasteiger charge is 2.25. The molecule has 0 saturated carbocycles. The van der Waals surface area contributed by atoms with Gasteiger partial charge in [0.1, 0.15) is 23.1 Å². The van der Waals surface area contributed by atoms with Crippen LogP contribution in [0.1, 0.15) is 52.9 Å². The zero-order chi connectivity index (χ0) is 27.2. The molecule has 1 aliphatic rings. The summed E-state index contributed by atoms with van der Waals surface area (Å²) in [6.45, 7) is 2.62. The normalized spacial score (nSPS) is 14.4. The van der Waals surface area contributed by atoms with Gasteiger partial charge in [0, 0.05) is 44.2 Å². The fourth-order valence-corrected chi connectivity index (χ4v) is 5.32. The number of anilines is 1. The van der Waals surface area contributed by atoms with Crippen molar-refractivity contribution in [1.29, 1.82) is 5.26 Å². The lowest BCUT2D eigenvalue weighted by Gasteiger charge is -2.23. The Kier molecular flexibility index (Phi) is 12.3. The lowest BCUT2D eigenvalue weighted by molar-refractivity contribution is -0.122. The van der Waals surface area contributed by atoms with Crippen LogP contribution in [-0.4, -0.2) is 47.6 Å². The van der Waals surface area contributed by atoms with Crippen LogP contribution in [0.5, 0.6) is 5.75 Å². The molecule has 0 aliphatic heterocycles. The number of aryl methyl sites for hydroxylation is 1. The summed E-state index contributed by atoms with van der Waals surface area (Å²) in [5.74, 6) is 1.11. The lowest BCUT2D eigenvalue weighted by atomic mass is 9.92. The number of nitriles is 1. The number of fused-ring (bicyclic) bond motifs is 1. The van der Waals surface area contributed by atoms with Crippen LogP contribution in [0.15, 0.2) is 36.8 Å². The van der Waals surface area contributed by atoms with Gasteiger partial charge in [-0.3, -0.25) is 4.79 Å². The largest absolute Gasteiger partial charge is 0.497 e. The minimum absolute atomic E-state index is 0.250. The molecule has 0 amide bonds. The number of nitrogens with zero attached hydrogens (tertiary/aromatic N) is 3. The van der Waals surface area contributed by atoms with E-state index in [0.29, 0.717) is 12.5 Å². The van der Waals surface area contributed by atoms with Crippen LogP contribution in [0.25, 0.3) is 0 Å². The predicted octanol–water partition coefficient (Wildman–Crippen LogP) is 4.13. The smallest absolute Gasteiger partial charge is 0.290 e. The van der Waals surface area contributed by atoms with Gasteiger partial charge >= 0.3 is 0 Å². The first-order valence-electron chi connectivity index (χ1n) is 12.0. The highest BCUT2D eigenvalue weighted by Crippen LogP contribution is 2.37. The van der Waals surface area contributed by atoms with Gasteiger partial charge in [-0.1, -0.05) is 19.1 Å². The number of hydrogen-bond donors (Lipinski definition) is 3. The lowest BCUT2D eigenvalue weighted by Crippen LogP contribution is -2.34. The Bertz CT molecular complexity index is 1180. The highest BCUT2D eigenvalue weighted by molar-refractivity contribution is 7.16. The number of carboxylic acid groups (broad SMARTS) is 1. The van der Waals surface area contributed by atoms with Crippen molar-refractivity contribution in [2.45, 2.75) is 51.1 Å². The Labute approximate surface area is 222 Å². The minimum Gasteiger partial charge on any atom is -0.497 e. The Hall–Kier alpha value is -3.68. The number of carbonyl (C=O) groups is 2. The van der Waals surface area contributed by atoms with Crippen LogP contribution in [0.3, 0.4) is 0 Å². The Balaban J connectivity index is 0.000000258. The number of nitrogens with one attached hydrogen (secondary N) is 2. The van der Waals surface area contributed by atoms with Crippen molar-refractivity contribution < 1.29 is 19.4 Å². The average molecular weight is 526 g/mol. The monoisotopic (exact) mass is 525 g/mol. The molecule has 0 fully saturated rings.